The summed E-state index contributed by atoms with van der Waals surface area (Å²) in [7, 11) is 0. The topological polar surface area (TPSA) is 77.9 Å². The van der Waals surface area contributed by atoms with E-state index < -0.39 is 5.82 Å². The van der Waals surface area contributed by atoms with Crippen molar-refractivity contribution in [1.82, 2.24) is 15.2 Å². The van der Waals surface area contributed by atoms with Crippen LogP contribution in [-0.2, 0) is 0 Å². The van der Waals surface area contributed by atoms with Crippen LogP contribution < -0.4 is 15.0 Å². The highest BCUT2D eigenvalue weighted by Crippen LogP contribution is 2.47. The van der Waals surface area contributed by atoms with Crippen molar-refractivity contribution in [2.75, 3.05) is 37.7 Å². The average molecular weight is 461 g/mol. The fourth-order valence-corrected chi connectivity index (χ4v) is 5.25. The highest BCUT2D eigenvalue weighted by atomic mass is 35.5. The molecule has 1 atom stereocenters. The lowest BCUT2D eigenvalue weighted by atomic mass is 10.0. The second-order valence-corrected chi connectivity index (χ2v) is 9.55. The number of rotatable bonds is 2. The predicted molar refractivity (Wildman–Crippen MR) is 120 cm³/mol. The largest absolute Gasteiger partial charge is 0.507 e. The zero-order chi connectivity index (χ0) is 22.6. The lowest BCUT2D eigenvalue weighted by Crippen LogP contribution is -2.55. The number of amides is 1. The summed E-state index contributed by atoms with van der Waals surface area (Å²) < 4.78 is 20.9. The molecule has 2 aromatic rings. The minimum absolute atomic E-state index is 0.0299. The van der Waals surface area contributed by atoms with Gasteiger partial charge in [-0.3, -0.25) is 4.79 Å². The van der Waals surface area contributed by atoms with Gasteiger partial charge in [0.1, 0.15) is 40.3 Å². The van der Waals surface area contributed by atoms with Gasteiger partial charge in [0.05, 0.1) is 11.6 Å². The van der Waals surface area contributed by atoms with Crippen molar-refractivity contribution in [2.24, 2.45) is 0 Å². The van der Waals surface area contributed by atoms with Crippen molar-refractivity contribution in [2.45, 2.75) is 38.3 Å². The molecule has 0 spiro atoms. The van der Waals surface area contributed by atoms with Gasteiger partial charge in [-0.15, -0.1) is 0 Å². The summed E-state index contributed by atoms with van der Waals surface area (Å²) in [6.07, 6.45) is 1.87. The Morgan fingerprint density at radius 3 is 2.84 bits per heavy atom. The summed E-state index contributed by atoms with van der Waals surface area (Å²) in [5, 5.41) is 13.8. The number of fused-ring (bicyclic) bond motifs is 2. The number of aromatic hydroxyl groups is 1. The van der Waals surface area contributed by atoms with E-state index in [2.05, 4.69) is 24.1 Å². The zero-order valence-corrected chi connectivity index (χ0v) is 18.9. The van der Waals surface area contributed by atoms with Gasteiger partial charge < -0.3 is 25.0 Å². The Kier molecular flexibility index (Phi) is 5.17. The number of nitrogens with one attached hydrogen (secondary N) is 1. The van der Waals surface area contributed by atoms with Gasteiger partial charge in [0, 0.05) is 31.7 Å². The molecule has 32 heavy (non-hydrogen) atoms. The Morgan fingerprint density at radius 1 is 1.31 bits per heavy atom. The minimum atomic E-state index is -0.646. The van der Waals surface area contributed by atoms with Gasteiger partial charge in [-0.1, -0.05) is 17.7 Å². The number of halogens is 2. The quantitative estimate of drug-likeness (QED) is 0.715. The van der Waals surface area contributed by atoms with Gasteiger partial charge in [0.2, 0.25) is 0 Å². The number of ether oxygens (including phenoxy) is 1. The number of benzene rings is 1. The van der Waals surface area contributed by atoms with E-state index >= 15 is 0 Å². The van der Waals surface area contributed by atoms with Gasteiger partial charge in [-0.25, -0.2) is 9.37 Å². The number of hydrogen-bond donors (Lipinski definition) is 2. The maximum Gasteiger partial charge on any atom is 0.261 e. The Morgan fingerprint density at radius 2 is 2.12 bits per heavy atom. The lowest BCUT2D eigenvalue weighted by Gasteiger charge is -2.36. The summed E-state index contributed by atoms with van der Waals surface area (Å²) in [4.78, 5) is 22.4. The van der Waals surface area contributed by atoms with E-state index in [1.807, 2.05) is 4.90 Å². The number of anilines is 1. The average Bonchev–Trinajstić information content (AvgIpc) is 3.04. The maximum atomic E-state index is 14.8. The molecule has 1 amide bonds. The van der Waals surface area contributed by atoms with Crippen molar-refractivity contribution in [3.05, 3.63) is 34.6 Å². The molecule has 0 radical (unpaired) electrons. The van der Waals surface area contributed by atoms with Gasteiger partial charge in [-0.2, -0.15) is 0 Å². The second-order valence-electron chi connectivity index (χ2n) is 9.17. The van der Waals surface area contributed by atoms with E-state index in [9.17, 15) is 14.3 Å². The molecular weight excluding hydrogens is 435 g/mol. The van der Waals surface area contributed by atoms with Crippen LogP contribution in [0.1, 0.15) is 37.0 Å². The Hall–Kier alpha value is -2.58. The maximum absolute atomic E-state index is 14.8. The molecule has 3 aliphatic rings. The van der Waals surface area contributed by atoms with Crippen molar-refractivity contribution in [3.63, 3.8) is 0 Å². The summed E-state index contributed by atoms with van der Waals surface area (Å²) in [6, 6.07) is 3.92. The van der Waals surface area contributed by atoms with E-state index in [1.54, 1.807) is 0 Å². The van der Waals surface area contributed by atoms with Crippen LogP contribution in [0.5, 0.6) is 11.5 Å². The molecule has 7 nitrogen and oxygen atoms in total. The number of nitrogens with zero attached hydrogens (tertiary/aromatic N) is 3. The molecule has 9 heteroatoms. The summed E-state index contributed by atoms with van der Waals surface area (Å²) in [5.74, 6) is -0.467. The number of carbonyl (C=O) groups excluding carboxylic acids is 1. The number of pyridine rings is 1. The first-order chi connectivity index (χ1) is 15.3. The smallest absolute Gasteiger partial charge is 0.261 e. The van der Waals surface area contributed by atoms with Gasteiger partial charge in [0.15, 0.2) is 5.75 Å². The Balaban J connectivity index is 1.78. The summed E-state index contributed by atoms with van der Waals surface area (Å²) >= 11 is 6.72. The molecule has 170 valence electrons. The number of hydrogen-bond acceptors (Lipinski definition) is 6. The summed E-state index contributed by atoms with van der Waals surface area (Å²) in [6.45, 7) is 7.04. The van der Waals surface area contributed by atoms with Crippen molar-refractivity contribution in [1.29, 1.82) is 0 Å². The number of phenolic OH excluding ortho intramolecular Hbond substituents is 1. The van der Waals surface area contributed by atoms with Gasteiger partial charge in [0.25, 0.3) is 5.91 Å². The van der Waals surface area contributed by atoms with Crippen LogP contribution in [0.15, 0.2) is 18.2 Å². The molecule has 4 heterocycles. The molecule has 5 rings (SSSR count). The molecule has 2 fully saturated rings. The fraction of sp³-hybridized carbons (Fsp3) is 0.478. The number of aromatic nitrogens is 1. The van der Waals surface area contributed by atoms with Crippen LogP contribution in [0.3, 0.4) is 0 Å². The Bertz CT molecular complexity index is 1070. The molecule has 0 bridgehead atoms. The summed E-state index contributed by atoms with van der Waals surface area (Å²) in [5.41, 5.74) is 0.0372. The van der Waals surface area contributed by atoms with Crippen LogP contribution in [-0.4, -0.2) is 65.3 Å². The number of piperazine rings is 1. The van der Waals surface area contributed by atoms with E-state index in [1.165, 1.54) is 18.2 Å². The lowest BCUT2D eigenvalue weighted by molar-refractivity contribution is 0.0606. The minimum Gasteiger partial charge on any atom is -0.507 e. The molecule has 0 aliphatic carbocycles. The van der Waals surface area contributed by atoms with Crippen LogP contribution in [0, 0.1) is 5.82 Å². The van der Waals surface area contributed by atoms with Crippen LogP contribution in [0.4, 0.5) is 10.2 Å². The fourth-order valence-electron chi connectivity index (χ4n) is 4.97. The Labute approximate surface area is 191 Å². The standard InChI is InChI=1S/C23H26ClFN4O3/c1-23(2)7-4-9-29(23)21-17-20(32-12-13-11-26-8-10-28(13)22(17)31)18(24)19(27-21)16-14(25)5-3-6-15(16)30/h3,5-6,13,26,30H,4,7-12H2,1-2H3/t13-/m1/s1. The van der Waals surface area contributed by atoms with E-state index in [-0.39, 0.29) is 51.9 Å². The normalized spacial score (nSPS) is 22.2. The number of carbonyl (C=O) groups is 1. The molecule has 1 aromatic heterocycles. The van der Waals surface area contributed by atoms with Gasteiger partial charge in [-0.05, 0) is 38.8 Å². The molecule has 2 N–H and O–H groups in total. The second kappa shape index (κ2) is 7.78. The van der Waals surface area contributed by atoms with Crippen molar-refractivity contribution in [3.8, 4) is 22.8 Å². The van der Waals surface area contributed by atoms with Gasteiger partial charge >= 0.3 is 0 Å². The van der Waals surface area contributed by atoms with Crippen LogP contribution in [0.25, 0.3) is 11.3 Å². The van der Waals surface area contributed by atoms with E-state index in [4.69, 9.17) is 21.3 Å². The highest BCUT2D eigenvalue weighted by molar-refractivity contribution is 6.35. The molecular formula is C23H26ClFN4O3. The molecule has 0 saturated carbocycles. The third-order valence-corrected chi connectivity index (χ3v) is 7.06. The third-order valence-electron chi connectivity index (χ3n) is 6.71. The predicted octanol–water partition coefficient (Wildman–Crippen LogP) is 3.43. The first kappa shape index (κ1) is 21.3. The van der Waals surface area contributed by atoms with Crippen molar-refractivity contribution < 1.29 is 19.0 Å². The van der Waals surface area contributed by atoms with Crippen LogP contribution in [0.2, 0.25) is 5.02 Å². The molecule has 2 saturated heterocycles. The SMILES string of the molecule is CC1(C)CCCN1c1nc(-c2c(O)cccc2F)c(Cl)c2c1C(=O)N1CCNC[C@@H]1CO2. The highest BCUT2D eigenvalue weighted by Gasteiger charge is 2.42. The zero-order valence-electron chi connectivity index (χ0n) is 18.1. The third kappa shape index (κ3) is 3.28. The van der Waals surface area contributed by atoms with Crippen LogP contribution >= 0.6 is 11.6 Å². The van der Waals surface area contributed by atoms with Crippen molar-refractivity contribution >= 4 is 23.3 Å². The molecule has 0 unspecified atom stereocenters. The number of phenols is 1. The first-order valence-electron chi connectivity index (χ1n) is 10.9. The molecule has 1 aromatic carbocycles. The molecule has 3 aliphatic heterocycles. The van der Waals surface area contributed by atoms with E-state index in [0.29, 0.717) is 37.6 Å². The first-order valence-corrected chi connectivity index (χ1v) is 11.3. The van der Waals surface area contributed by atoms with E-state index in [0.717, 1.165) is 12.8 Å². The monoisotopic (exact) mass is 460 g/mol.